The van der Waals surface area contributed by atoms with Crippen molar-refractivity contribution in [2.24, 2.45) is 0 Å². The molecule has 0 saturated heterocycles. The van der Waals surface area contributed by atoms with Crippen molar-refractivity contribution in [1.82, 2.24) is 9.13 Å². The molecule has 0 bridgehead atoms. The van der Waals surface area contributed by atoms with Crippen molar-refractivity contribution in [3.8, 4) is 28.6 Å². The number of hydrogen-bond donors (Lipinski definition) is 0. The van der Waals surface area contributed by atoms with Crippen molar-refractivity contribution in [2.75, 3.05) is 0 Å². The molecule has 0 fully saturated rings. The molecule has 7 heteroatoms. The average molecular weight is 805 g/mol. The van der Waals surface area contributed by atoms with E-state index in [4.69, 9.17) is 19.8 Å². The molecule has 14 rings (SSSR count). The van der Waals surface area contributed by atoms with Gasteiger partial charge in [-0.1, -0.05) is 84.9 Å². The maximum atomic E-state index is 11.1. The van der Waals surface area contributed by atoms with Crippen LogP contribution in [0.2, 0.25) is 0 Å². The number of aromatic nitrogens is 2. The third-order valence-corrected chi connectivity index (χ3v) is 13.0. The summed E-state index contributed by atoms with van der Waals surface area (Å²) >= 11 is 0. The van der Waals surface area contributed by atoms with E-state index < -0.39 is 0 Å². The van der Waals surface area contributed by atoms with E-state index in [1.54, 1.807) is 6.07 Å². The van der Waals surface area contributed by atoms with Crippen LogP contribution in [0.5, 0.6) is 0 Å². The van der Waals surface area contributed by atoms with Gasteiger partial charge in [-0.3, -0.25) is 0 Å². The summed E-state index contributed by atoms with van der Waals surface area (Å²) in [6.07, 6.45) is 0. The second-order valence-electron chi connectivity index (χ2n) is 16.2. The Bertz CT molecular complexity index is 4420. The zero-order valence-electron chi connectivity index (χ0n) is 33.2. The van der Waals surface area contributed by atoms with Crippen LogP contribution in [0.4, 0.5) is 5.69 Å². The Morgan fingerprint density at radius 2 is 0.937 bits per heavy atom. The van der Waals surface area contributed by atoms with Crippen LogP contribution in [0.25, 0.3) is 137 Å². The lowest BCUT2D eigenvalue weighted by Crippen LogP contribution is -2.06. The number of nitriles is 1. The second kappa shape index (κ2) is 12.3. The summed E-state index contributed by atoms with van der Waals surface area (Å²) in [7, 11) is 0. The molecule has 7 nitrogen and oxygen atoms in total. The fourth-order valence-electron chi connectivity index (χ4n) is 10.3. The Morgan fingerprint density at radius 3 is 1.62 bits per heavy atom. The molecule has 0 unspecified atom stereocenters. The molecule has 0 aliphatic heterocycles. The van der Waals surface area contributed by atoms with Crippen LogP contribution in [-0.4, -0.2) is 9.13 Å². The van der Waals surface area contributed by atoms with Gasteiger partial charge in [0, 0.05) is 43.1 Å². The molecule has 5 heterocycles. The van der Waals surface area contributed by atoms with Crippen molar-refractivity contribution in [2.45, 2.75) is 0 Å². The van der Waals surface area contributed by atoms with Gasteiger partial charge in [-0.25, -0.2) is 4.85 Å². The topological polar surface area (TPSA) is 77.4 Å². The molecule has 5 aromatic heterocycles. The first-order valence-electron chi connectivity index (χ1n) is 20.7. The summed E-state index contributed by atoms with van der Waals surface area (Å²) in [5, 5.41) is 21.3. The minimum Gasteiger partial charge on any atom is -0.456 e. The molecule has 0 saturated carbocycles. The number of furan rings is 3. The SMILES string of the molecule is [C-]#[N+]c1cc(C#N)c(-n2c3ccc(-c4ccc5c(c4)oc4ccccc45)cc3c3c4oc5ccccc5c4ccc32)c(-n2c3ccccc3c3c4oc5ccccc5c4ccc32)c1. The van der Waals surface area contributed by atoms with Crippen molar-refractivity contribution < 1.29 is 13.3 Å². The highest BCUT2D eigenvalue weighted by molar-refractivity contribution is 6.26. The van der Waals surface area contributed by atoms with Gasteiger partial charge in [0.15, 0.2) is 5.69 Å². The van der Waals surface area contributed by atoms with Crippen LogP contribution in [0.1, 0.15) is 5.56 Å². The molecular weight excluding hydrogens is 777 g/mol. The molecule has 0 spiro atoms. The van der Waals surface area contributed by atoms with Gasteiger partial charge < -0.3 is 22.4 Å². The molecule has 14 aromatic rings. The van der Waals surface area contributed by atoms with Crippen molar-refractivity contribution in [3.63, 3.8) is 0 Å². The first kappa shape index (κ1) is 33.8. The first-order valence-corrected chi connectivity index (χ1v) is 20.7. The molecule has 290 valence electrons. The monoisotopic (exact) mass is 804 g/mol. The number of para-hydroxylation sites is 4. The maximum Gasteiger partial charge on any atom is 0.190 e. The number of rotatable bonds is 3. The Labute approximate surface area is 356 Å². The maximum absolute atomic E-state index is 11.1. The van der Waals surface area contributed by atoms with Gasteiger partial charge in [-0.2, -0.15) is 5.26 Å². The molecule has 63 heavy (non-hydrogen) atoms. The third kappa shape index (κ3) is 4.49. The van der Waals surface area contributed by atoms with Crippen molar-refractivity contribution in [1.29, 1.82) is 5.26 Å². The normalized spacial score (nSPS) is 12.1. The minimum atomic E-state index is 0.366. The van der Waals surface area contributed by atoms with E-state index in [1.165, 1.54) is 0 Å². The Balaban J connectivity index is 1.11. The smallest absolute Gasteiger partial charge is 0.190 e. The molecule has 0 aliphatic rings. The molecule has 0 aliphatic carbocycles. The van der Waals surface area contributed by atoms with E-state index >= 15 is 0 Å². The van der Waals surface area contributed by atoms with Crippen molar-refractivity contribution in [3.05, 3.63) is 187 Å². The fraction of sp³-hybridized carbons (Fsp3) is 0. The lowest BCUT2D eigenvalue weighted by molar-refractivity contribution is 0.669. The standard InChI is InChI=1S/C56H28N4O3/c1-58-34-26-33(30-57)54(47(29-34)59-43-14-6-2-13-41(43)52-45(59)24-21-39-36-11-4-8-16-49(36)62-55(39)52)60-44-23-19-31(32-18-20-38-35-10-3-7-15-48(35)61-51(38)28-32)27-42(44)53-46(60)25-22-40-37-12-5-9-17-50(37)63-56(40)53/h2-29H. The second-order valence-corrected chi connectivity index (χ2v) is 16.2. The van der Waals surface area contributed by atoms with E-state index in [0.29, 0.717) is 22.6 Å². The van der Waals surface area contributed by atoms with E-state index in [1.807, 2.05) is 72.8 Å². The van der Waals surface area contributed by atoms with Crippen molar-refractivity contribution >= 4 is 115 Å². The lowest BCUT2D eigenvalue weighted by Gasteiger charge is -2.19. The average Bonchev–Trinajstić information content (AvgIpc) is 4.14. The van der Waals surface area contributed by atoms with Gasteiger partial charge in [0.25, 0.3) is 0 Å². The summed E-state index contributed by atoms with van der Waals surface area (Å²) in [5.41, 5.74) is 12.6. The summed E-state index contributed by atoms with van der Waals surface area (Å²) in [6, 6.07) is 60.2. The summed E-state index contributed by atoms with van der Waals surface area (Å²) in [6.45, 7) is 8.24. The van der Waals surface area contributed by atoms with Gasteiger partial charge in [0.2, 0.25) is 0 Å². The zero-order valence-corrected chi connectivity index (χ0v) is 33.2. The predicted octanol–water partition coefficient (Wildman–Crippen LogP) is 15.7. The van der Waals surface area contributed by atoms with E-state index in [2.05, 4.69) is 111 Å². The van der Waals surface area contributed by atoms with Crippen LogP contribution >= 0.6 is 0 Å². The van der Waals surface area contributed by atoms with Gasteiger partial charge >= 0.3 is 0 Å². The van der Waals surface area contributed by atoms with E-state index in [0.717, 1.165) is 121 Å². The van der Waals surface area contributed by atoms with Gasteiger partial charge in [0.05, 0.1) is 56.3 Å². The quantitative estimate of drug-likeness (QED) is 0.167. The molecule has 0 N–H and O–H groups in total. The lowest BCUT2D eigenvalue weighted by atomic mass is 10.0. The van der Waals surface area contributed by atoms with Crippen LogP contribution in [0, 0.1) is 17.9 Å². The number of fused-ring (bicyclic) bond motifs is 17. The molecule has 0 atom stereocenters. The minimum absolute atomic E-state index is 0.366. The summed E-state index contributed by atoms with van der Waals surface area (Å²) in [4.78, 5) is 3.92. The van der Waals surface area contributed by atoms with E-state index in [9.17, 15) is 5.26 Å². The number of benzene rings is 9. The van der Waals surface area contributed by atoms with E-state index in [-0.39, 0.29) is 0 Å². The number of nitrogens with zero attached hydrogens (tertiary/aromatic N) is 4. The summed E-state index contributed by atoms with van der Waals surface area (Å²) in [5.74, 6) is 0. The Kier molecular flexibility index (Phi) is 6.57. The van der Waals surface area contributed by atoms with Gasteiger partial charge in [-0.15, -0.1) is 0 Å². The molecular formula is C56H28N4O3. The Hall–Kier alpha value is -9.04. The summed E-state index contributed by atoms with van der Waals surface area (Å²) < 4.78 is 24.2. The highest BCUT2D eigenvalue weighted by atomic mass is 16.3. The molecule has 9 aromatic carbocycles. The van der Waals surface area contributed by atoms with Crippen LogP contribution < -0.4 is 0 Å². The van der Waals surface area contributed by atoms with Crippen LogP contribution in [0.15, 0.2) is 183 Å². The zero-order chi connectivity index (χ0) is 41.5. The highest BCUT2D eigenvalue weighted by Crippen LogP contribution is 2.47. The van der Waals surface area contributed by atoms with Gasteiger partial charge in [0.1, 0.15) is 39.6 Å². The van der Waals surface area contributed by atoms with Gasteiger partial charge in [-0.05, 0) is 96.1 Å². The predicted molar refractivity (Wildman–Crippen MR) is 253 cm³/mol. The Morgan fingerprint density at radius 1 is 0.429 bits per heavy atom. The number of hydrogen-bond acceptors (Lipinski definition) is 4. The van der Waals surface area contributed by atoms with Crippen LogP contribution in [-0.2, 0) is 0 Å². The first-order chi connectivity index (χ1) is 31.1. The highest BCUT2D eigenvalue weighted by Gasteiger charge is 2.26. The van der Waals surface area contributed by atoms with Crippen LogP contribution in [0.3, 0.4) is 0 Å². The fourth-order valence-corrected chi connectivity index (χ4v) is 10.3. The largest absolute Gasteiger partial charge is 0.456 e. The molecule has 0 amide bonds. The molecule has 0 radical (unpaired) electrons. The third-order valence-electron chi connectivity index (χ3n) is 13.0.